The van der Waals surface area contributed by atoms with E-state index >= 15 is 0 Å². The SMILES string of the molecule is NC(=O)C(c1ccccc1)(c1ccccc1)[C@@H]1CCN(CCc2ccc(CCNCCc3ccccc3)cc2)C1. The predicted molar refractivity (Wildman–Crippen MR) is 164 cm³/mol. The molecule has 40 heavy (non-hydrogen) atoms. The first-order valence-corrected chi connectivity index (χ1v) is 14.6. The first-order chi connectivity index (χ1) is 19.7. The molecule has 206 valence electrons. The lowest BCUT2D eigenvalue weighted by atomic mass is 9.64. The lowest BCUT2D eigenvalue weighted by molar-refractivity contribution is -0.123. The number of benzene rings is 4. The Morgan fingerprint density at radius 3 is 1.70 bits per heavy atom. The third-order valence-electron chi connectivity index (χ3n) is 8.50. The summed E-state index contributed by atoms with van der Waals surface area (Å²) in [4.78, 5) is 15.8. The standard InChI is InChI=1S/C36H41N3O/c37-35(40)36(32-12-6-2-7-13-32,33-14-8-3-9-15-33)34-23-27-39(28-34)26-22-31-18-16-30(17-19-31)21-25-38-24-20-29-10-4-1-5-11-29/h1-19,34,38H,20-28H2,(H2,37,40)/t34-/m1/s1. The summed E-state index contributed by atoms with van der Waals surface area (Å²) >= 11 is 0. The van der Waals surface area contributed by atoms with E-state index in [2.05, 4.69) is 89.1 Å². The van der Waals surface area contributed by atoms with Gasteiger partial charge in [0.25, 0.3) is 0 Å². The van der Waals surface area contributed by atoms with Crippen LogP contribution in [-0.4, -0.2) is 43.5 Å². The average molecular weight is 532 g/mol. The van der Waals surface area contributed by atoms with Gasteiger partial charge in [-0.2, -0.15) is 0 Å². The van der Waals surface area contributed by atoms with E-state index < -0.39 is 5.41 Å². The van der Waals surface area contributed by atoms with Crippen LogP contribution in [0.25, 0.3) is 0 Å². The normalized spacial score (nSPS) is 15.8. The Kier molecular flexibility index (Phi) is 9.43. The van der Waals surface area contributed by atoms with E-state index in [1.165, 1.54) is 16.7 Å². The maximum Gasteiger partial charge on any atom is 0.232 e. The highest BCUT2D eigenvalue weighted by Gasteiger charge is 2.49. The average Bonchev–Trinajstić information content (AvgIpc) is 3.47. The summed E-state index contributed by atoms with van der Waals surface area (Å²) in [6.07, 6.45) is 4.05. The van der Waals surface area contributed by atoms with Crippen molar-refractivity contribution in [1.29, 1.82) is 0 Å². The molecule has 0 saturated carbocycles. The van der Waals surface area contributed by atoms with Crippen molar-refractivity contribution >= 4 is 5.91 Å². The molecule has 1 saturated heterocycles. The van der Waals surface area contributed by atoms with Gasteiger partial charge in [0.1, 0.15) is 5.41 Å². The largest absolute Gasteiger partial charge is 0.369 e. The topological polar surface area (TPSA) is 58.4 Å². The molecule has 0 aliphatic carbocycles. The summed E-state index contributed by atoms with van der Waals surface area (Å²) in [6, 6.07) is 40.0. The highest BCUT2D eigenvalue weighted by molar-refractivity contribution is 5.91. The van der Waals surface area contributed by atoms with Crippen LogP contribution < -0.4 is 11.1 Å². The zero-order valence-electron chi connectivity index (χ0n) is 23.3. The Bertz CT molecular complexity index is 1280. The maximum atomic E-state index is 13.3. The van der Waals surface area contributed by atoms with Gasteiger partial charge in [-0.05, 0) is 79.1 Å². The molecule has 0 radical (unpaired) electrons. The molecule has 1 heterocycles. The number of nitrogens with zero attached hydrogens (tertiary/aromatic N) is 1. The van der Waals surface area contributed by atoms with Crippen LogP contribution >= 0.6 is 0 Å². The summed E-state index contributed by atoms with van der Waals surface area (Å²) in [5, 5.41) is 3.57. The van der Waals surface area contributed by atoms with Crippen LogP contribution in [0.5, 0.6) is 0 Å². The Morgan fingerprint density at radius 2 is 1.18 bits per heavy atom. The van der Waals surface area contributed by atoms with E-state index in [-0.39, 0.29) is 11.8 Å². The quantitative estimate of drug-likeness (QED) is 0.227. The molecule has 1 fully saturated rings. The van der Waals surface area contributed by atoms with Crippen LogP contribution in [0.4, 0.5) is 0 Å². The van der Waals surface area contributed by atoms with Crippen LogP contribution in [0.1, 0.15) is 34.2 Å². The third kappa shape index (κ3) is 6.52. The van der Waals surface area contributed by atoms with Gasteiger partial charge in [-0.15, -0.1) is 0 Å². The van der Waals surface area contributed by atoms with Gasteiger partial charge in [0.2, 0.25) is 5.91 Å². The summed E-state index contributed by atoms with van der Waals surface area (Å²) in [5.41, 5.74) is 11.5. The number of nitrogens with two attached hydrogens (primary N) is 1. The molecule has 1 amide bonds. The van der Waals surface area contributed by atoms with E-state index in [4.69, 9.17) is 5.73 Å². The molecule has 0 aromatic heterocycles. The van der Waals surface area contributed by atoms with Crippen LogP contribution in [0.3, 0.4) is 0 Å². The van der Waals surface area contributed by atoms with Gasteiger partial charge in [0.05, 0.1) is 0 Å². The maximum absolute atomic E-state index is 13.3. The van der Waals surface area contributed by atoms with Crippen molar-refractivity contribution in [2.75, 3.05) is 32.7 Å². The van der Waals surface area contributed by atoms with Crippen molar-refractivity contribution in [1.82, 2.24) is 10.2 Å². The van der Waals surface area contributed by atoms with Gasteiger partial charge in [-0.25, -0.2) is 0 Å². The predicted octanol–water partition coefficient (Wildman–Crippen LogP) is 5.40. The Hall–Kier alpha value is -3.73. The molecule has 1 atom stereocenters. The van der Waals surface area contributed by atoms with Gasteiger partial charge < -0.3 is 16.0 Å². The van der Waals surface area contributed by atoms with Gasteiger partial charge in [0, 0.05) is 13.1 Å². The van der Waals surface area contributed by atoms with Crippen molar-refractivity contribution in [3.05, 3.63) is 143 Å². The fraction of sp³-hybridized carbons (Fsp3) is 0.306. The van der Waals surface area contributed by atoms with E-state index in [9.17, 15) is 4.79 Å². The molecule has 1 aliphatic heterocycles. The lowest BCUT2D eigenvalue weighted by Gasteiger charge is -2.37. The zero-order chi connectivity index (χ0) is 27.6. The molecular formula is C36H41N3O. The van der Waals surface area contributed by atoms with Crippen molar-refractivity contribution in [2.24, 2.45) is 11.7 Å². The summed E-state index contributed by atoms with van der Waals surface area (Å²) in [7, 11) is 0. The number of primary amides is 1. The van der Waals surface area contributed by atoms with E-state index in [1.807, 2.05) is 36.4 Å². The number of carbonyl (C=O) groups excluding carboxylic acids is 1. The molecule has 3 N–H and O–H groups in total. The minimum atomic E-state index is -0.825. The first kappa shape index (κ1) is 27.8. The third-order valence-corrected chi connectivity index (χ3v) is 8.50. The van der Waals surface area contributed by atoms with E-state index in [0.29, 0.717) is 0 Å². The molecule has 5 rings (SSSR count). The summed E-state index contributed by atoms with van der Waals surface area (Å²) < 4.78 is 0. The molecule has 4 aromatic carbocycles. The minimum Gasteiger partial charge on any atom is -0.369 e. The van der Waals surface area contributed by atoms with Crippen molar-refractivity contribution in [3.63, 3.8) is 0 Å². The molecule has 4 nitrogen and oxygen atoms in total. The summed E-state index contributed by atoms with van der Waals surface area (Å²) in [5.74, 6) is -0.131. The second kappa shape index (κ2) is 13.6. The number of rotatable bonds is 13. The monoisotopic (exact) mass is 531 g/mol. The van der Waals surface area contributed by atoms with Crippen molar-refractivity contribution in [2.45, 2.75) is 31.1 Å². The second-order valence-corrected chi connectivity index (χ2v) is 11.0. The van der Waals surface area contributed by atoms with Gasteiger partial charge in [-0.1, -0.05) is 115 Å². The van der Waals surface area contributed by atoms with E-state index in [0.717, 1.165) is 69.5 Å². The number of nitrogens with one attached hydrogen (secondary N) is 1. The molecular weight excluding hydrogens is 490 g/mol. The van der Waals surface area contributed by atoms with Crippen molar-refractivity contribution < 1.29 is 4.79 Å². The highest BCUT2D eigenvalue weighted by Crippen LogP contribution is 2.43. The van der Waals surface area contributed by atoms with Crippen LogP contribution in [0.15, 0.2) is 115 Å². The number of likely N-dealkylation sites (tertiary alicyclic amines) is 1. The van der Waals surface area contributed by atoms with Crippen molar-refractivity contribution in [3.8, 4) is 0 Å². The van der Waals surface area contributed by atoms with Crippen LogP contribution in [0.2, 0.25) is 0 Å². The number of hydrogen-bond donors (Lipinski definition) is 2. The Labute approximate surface area is 239 Å². The Morgan fingerprint density at radius 1 is 0.700 bits per heavy atom. The fourth-order valence-corrected chi connectivity index (χ4v) is 6.31. The molecule has 4 aromatic rings. The lowest BCUT2D eigenvalue weighted by Crippen LogP contribution is -2.49. The fourth-order valence-electron chi connectivity index (χ4n) is 6.31. The minimum absolute atomic E-state index is 0.131. The molecule has 0 unspecified atom stereocenters. The smallest absolute Gasteiger partial charge is 0.232 e. The number of carbonyl (C=O) groups is 1. The zero-order valence-corrected chi connectivity index (χ0v) is 23.3. The molecule has 4 heteroatoms. The number of hydrogen-bond acceptors (Lipinski definition) is 3. The molecule has 0 bridgehead atoms. The Balaban J connectivity index is 1.15. The second-order valence-electron chi connectivity index (χ2n) is 11.0. The van der Waals surface area contributed by atoms with Gasteiger partial charge in [0.15, 0.2) is 0 Å². The van der Waals surface area contributed by atoms with Crippen LogP contribution in [0, 0.1) is 5.92 Å². The van der Waals surface area contributed by atoms with Crippen LogP contribution in [-0.2, 0) is 29.5 Å². The van der Waals surface area contributed by atoms with Gasteiger partial charge >= 0.3 is 0 Å². The molecule has 1 aliphatic rings. The first-order valence-electron chi connectivity index (χ1n) is 14.6. The summed E-state index contributed by atoms with van der Waals surface area (Å²) in [6.45, 7) is 4.82. The highest BCUT2D eigenvalue weighted by atomic mass is 16.1. The molecule has 0 spiro atoms. The van der Waals surface area contributed by atoms with Gasteiger partial charge in [-0.3, -0.25) is 4.79 Å². The van der Waals surface area contributed by atoms with E-state index in [1.54, 1.807) is 0 Å². The number of amides is 1.